The van der Waals surface area contributed by atoms with Crippen LogP contribution >= 0.6 is 31.9 Å². The lowest BCUT2D eigenvalue weighted by Gasteiger charge is -2.31. The number of alkyl halides is 1. The Bertz CT molecular complexity index is 384. The molecule has 1 nitrogen and oxygen atoms in total. The quantitative estimate of drug-likeness (QED) is 0.485. The van der Waals surface area contributed by atoms with E-state index in [0.717, 1.165) is 22.2 Å². The average molecular weight is 392 g/mol. The molecule has 1 aromatic rings. The minimum Gasteiger partial charge on any atom is -0.492 e. The molecule has 0 fully saturated rings. The summed E-state index contributed by atoms with van der Waals surface area (Å²) >= 11 is 7.27. The lowest BCUT2D eigenvalue weighted by molar-refractivity contribution is 0.144. The summed E-state index contributed by atoms with van der Waals surface area (Å²) < 4.78 is 7.12. The molecule has 108 valence electrons. The van der Waals surface area contributed by atoms with Crippen molar-refractivity contribution in [3.05, 3.63) is 28.2 Å². The number of benzene rings is 1. The number of rotatable bonds is 8. The fourth-order valence-corrected chi connectivity index (χ4v) is 3.79. The van der Waals surface area contributed by atoms with Crippen LogP contribution in [0.3, 0.4) is 0 Å². The number of halogens is 2. The second-order valence-corrected chi connectivity index (χ2v) is 6.77. The predicted molar refractivity (Wildman–Crippen MR) is 90.4 cm³/mol. The monoisotopic (exact) mass is 390 g/mol. The molecule has 0 radical (unpaired) electrons. The summed E-state index contributed by atoms with van der Waals surface area (Å²) in [5, 5.41) is 1.01. The van der Waals surface area contributed by atoms with E-state index in [-0.39, 0.29) is 5.41 Å². The van der Waals surface area contributed by atoms with Crippen molar-refractivity contribution in [1.29, 1.82) is 0 Å². The number of aryl methyl sites for hydroxylation is 1. The molecule has 0 aliphatic rings. The van der Waals surface area contributed by atoms with E-state index in [4.69, 9.17) is 4.74 Å². The van der Waals surface area contributed by atoms with E-state index in [0.29, 0.717) is 0 Å². The molecule has 3 heteroatoms. The zero-order valence-corrected chi connectivity index (χ0v) is 15.3. The maximum Gasteiger partial charge on any atom is 0.133 e. The molecule has 19 heavy (non-hydrogen) atoms. The Morgan fingerprint density at radius 3 is 2.26 bits per heavy atom. The van der Waals surface area contributed by atoms with Crippen molar-refractivity contribution in [2.75, 3.05) is 11.9 Å². The maximum absolute atomic E-state index is 6.08. The molecule has 0 aromatic heterocycles. The fourth-order valence-electron chi connectivity index (χ4n) is 2.46. The fraction of sp³-hybridized carbons (Fsp3) is 0.625. The standard InChI is InChI=1S/C16H24Br2O/c1-4-8-16(11-17,9-5-2)12-19-15-7-6-13(3)10-14(15)18/h6-7,10H,4-5,8-9,11-12H2,1-3H3. The van der Waals surface area contributed by atoms with Gasteiger partial charge in [0.1, 0.15) is 5.75 Å². The van der Waals surface area contributed by atoms with E-state index in [1.54, 1.807) is 0 Å². The molecule has 0 N–H and O–H groups in total. The highest BCUT2D eigenvalue weighted by Crippen LogP contribution is 2.34. The Hall–Kier alpha value is -0.0200. The van der Waals surface area contributed by atoms with Gasteiger partial charge in [-0.2, -0.15) is 0 Å². The highest BCUT2D eigenvalue weighted by Gasteiger charge is 2.28. The lowest BCUT2D eigenvalue weighted by Crippen LogP contribution is -2.30. The Balaban J connectivity index is 2.74. The maximum atomic E-state index is 6.08. The van der Waals surface area contributed by atoms with Gasteiger partial charge in [-0.05, 0) is 53.4 Å². The van der Waals surface area contributed by atoms with E-state index in [1.165, 1.54) is 31.2 Å². The first kappa shape index (κ1) is 17.0. The number of ether oxygens (including phenoxy) is 1. The molecule has 0 atom stereocenters. The SMILES string of the molecule is CCCC(CBr)(CCC)COc1ccc(C)cc1Br. The van der Waals surface area contributed by atoms with Gasteiger partial charge in [0, 0.05) is 10.7 Å². The van der Waals surface area contributed by atoms with Gasteiger partial charge >= 0.3 is 0 Å². The van der Waals surface area contributed by atoms with Crippen molar-refractivity contribution in [3.63, 3.8) is 0 Å². The average Bonchev–Trinajstić information content (AvgIpc) is 2.38. The number of hydrogen-bond acceptors (Lipinski definition) is 1. The minimum atomic E-state index is 0.258. The molecule has 1 rings (SSSR count). The van der Waals surface area contributed by atoms with Crippen LogP contribution in [0.25, 0.3) is 0 Å². The van der Waals surface area contributed by atoms with Crippen LogP contribution < -0.4 is 4.74 Å². The summed E-state index contributed by atoms with van der Waals surface area (Å²) in [4.78, 5) is 0. The molecule has 0 unspecified atom stereocenters. The van der Waals surface area contributed by atoms with E-state index in [1.807, 2.05) is 0 Å². The molecular formula is C16H24Br2O. The smallest absolute Gasteiger partial charge is 0.133 e. The molecule has 0 aliphatic heterocycles. The van der Waals surface area contributed by atoms with Gasteiger partial charge in [-0.3, -0.25) is 0 Å². The zero-order chi connectivity index (χ0) is 14.3. The van der Waals surface area contributed by atoms with Gasteiger partial charge in [-0.1, -0.05) is 48.7 Å². The van der Waals surface area contributed by atoms with Crippen LogP contribution in [-0.2, 0) is 0 Å². The lowest BCUT2D eigenvalue weighted by atomic mass is 9.82. The highest BCUT2D eigenvalue weighted by molar-refractivity contribution is 9.10. The van der Waals surface area contributed by atoms with Crippen molar-refractivity contribution < 1.29 is 4.74 Å². The largest absolute Gasteiger partial charge is 0.492 e. The van der Waals surface area contributed by atoms with E-state index < -0.39 is 0 Å². The van der Waals surface area contributed by atoms with Crippen LogP contribution in [0.1, 0.15) is 45.1 Å². The molecule has 0 spiro atoms. The van der Waals surface area contributed by atoms with Crippen LogP contribution in [0.4, 0.5) is 0 Å². The summed E-state index contributed by atoms with van der Waals surface area (Å²) in [6.07, 6.45) is 4.80. The van der Waals surface area contributed by atoms with Crippen molar-refractivity contribution in [3.8, 4) is 5.75 Å². The van der Waals surface area contributed by atoms with Crippen LogP contribution in [0.15, 0.2) is 22.7 Å². The van der Waals surface area contributed by atoms with Crippen molar-refractivity contribution in [2.24, 2.45) is 5.41 Å². The minimum absolute atomic E-state index is 0.258. The topological polar surface area (TPSA) is 9.23 Å². The Morgan fingerprint density at radius 2 is 1.79 bits per heavy atom. The van der Waals surface area contributed by atoms with Gasteiger partial charge in [0.25, 0.3) is 0 Å². The van der Waals surface area contributed by atoms with Gasteiger partial charge < -0.3 is 4.74 Å². The van der Waals surface area contributed by atoms with Crippen LogP contribution in [0.5, 0.6) is 5.75 Å². The summed E-state index contributed by atoms with van der Waals surface area (Å²) in [7, 11) is 0. The first-order valence-electron chi connectivity index (χ1n) is 7.02. The van der Waals surface area contributed by atoms with Crippen molar-refractivity contribution in [2.45, 2.75) is 46.5 Å². The Labute approximate surface area is 134 Å². The molecular weight excluding hydrogens is 368 g/mol. The second-order valence-electron chi connectivity index (χ2n) is 5.36. The molecule has 0 aliphatic carbocycles. The van der Waals surface area contributed by atoms with Gasteiger partial charge in [0.15, 0.2) is 0 Å². The Morgan fingerprint density at radius 1 is 1.16 bits per heavy atom. The first-order valence-corrected chi connectivity index (χ1v) is 8.93. The van der Waals surface area contributed by atoms with Gasteiger partial charge in [0.05, 0.1) is 11.1 Å². The van der Waals surface area contributed by atoms with Crippen molar-refractivity contribution in [1.82, 2.24) is 0 Å². The molecule has 0 amide bonds. The molecule has 0 heterocycles. The van der Waals surface area contributed by atoms with E-state index >= 15 is 0 Å². The highest BCUT2D eigenvalue weighted by atomic mass is 79.9. The molecule has 0 bridgehead atoms. The number of hydrogen-bond donors (Lipinski definition) is 0. The van der Waals surface area contributed by atoms with E-state index in [9.17, 15) is 0 Å². The summed E-state index contributed by atoms with van der Waals surface area (Å²) in [6.45, 7) is 7.36. The van der Waals surface area contributed by atoms with E-state index in [2.05, 4.69) is 70.8 Å². The van der Waals surface area contributed by atoms with Crippen molar-refractivity contribution >= 4 is 31.9 Å². The zero-order valence-electron chi connectivity index (χ0n) is 12.1. The second kappa shape index (κ2) is 8.31. The van der Waals surface area contributed by atoms with Gasteiger partial charge in [-0.25, -0.2) is 0 Å². The van der Waals surface area contributed by atoms with Gasteiger partial charge in [-0.15, -0.1) is 0 Å². The van der Waals surface area contributed by atoms with Crippen LogP contribution in [0.2, 0.25) is 0 Å². The van der Waals surface area contributed by atoms with Crippen LogP contribution in [-0.4, -0.2) is 11.9 Å². The van der Waals surface area contributed by atoms with Crippen LogP contribution in [0, 0.1) is 12.3 Å². The molecule has 0 saturated carbocycles. The third-order valence-corrected chi connectivity index (χ3v) is 5.27. The summed E-state index contributed by atoms with van der Waals surface area (Å²) in [5.41, 5.74) is 1.50. The third kappa shape index (κ3) is 5.11. The third-order valence-electron chi connectivity index (χ3n) is 3.47. The first-order chi connectivity index (χ1) is 9.06. The summed E-state index contributed by atoms with van der Waals surface area (Å²) in [6, 6.07) is 6.25. The Kier molecular flexibility index (Phi) is 7.45. The molecule has 1 aromatic carbocycles. The predicted octanol–water partition coefficient (Wildman–Crippen LogP) is 6.12. The van der Waals surface area contributed by atoms with Gasteiger partial charge in [0.2, 0.25) is 0 Å². The normalized spacial score (nSPS) is 11.6. The molecule has 0 saturated heterocycles. The summed E-state index contributed by atoms with van der Waals surface area (Å²) in [5.74, 6) is 0.947.